The van der Waals surface area contributed by atoms with Crippen molar-refractivity contribution in [3.8, 4) is 0 Å². The first-order valence-electron chi connectivity index (χ1n) is 5.22. The van der Waals surface area contributed by atoms with Crippen LogP contribution >= 0.6 is 0 Å². The van der Waals surface area contributed by atoms with Crippen molar-refractivity contribution in [2.24, 2.45) is 18.7 Å². The predicted molar refractivity (Wildman–Crippen MR) is 55.8 cm³/mol. The Labute approximate surface area is 84.5 Å². The Kier molecular flexibility index (Phi) is 2.84. The zero-order chi connectivity index (χ0) is 9.97. The van der Waals surface area contributed by atoms with E-state index in [-0.39, 0.29) is 0 Å². The summed E-state index contributed by atoms with van der Waals surface area (Å²) >= 11 is 0. The third kappa shape index (κ3) is 1.96. The molecule has 1 aliphatic rings. The van der Waals surface area contributed by atoms with E-state index in [4.69, 9.17) is 5.73 Å². The number of nitrogens with two attached hydrogens (primary N) is 1. The Morgan fingerprint density at radius 3 is 3.14 bits per heavy atom. The minimum atomic E-state index is 0.576. The number of aryl methyl sites for hydroxylation is 1. The molecular weight excluding hydrogens is 176 g/mol. The van der Waals surface area contributed by atoms with Gasteiger partial charge in [0.2, 0.25) is 0 Å². The van der Waals surface area contributed by atoms with Gasteiger partial charge in [0.15, 0.2) is 0 Å². The molecule has 4 nitrogen and oxygen atoms in total. The first kappa shape index (κ1) is 9.68. The number of aromatic nitrogens is 2. The Morgan fingerprint density at radius 1 is 1.71 bits per heavy atom. The Bertz CT molecular complexity index is 299. The maximum Gasteiger partial charge on any atom is 0.0631 e. The molecule has 2 rings (SSSR count). The second-order valence-corrected chi connectivity index (χ2v) is 4.02. The molecular formula is C10H18N4. The second-order valence-electron chi connectivity index (χ2n) is 4.02. The summed E-state index contributed by atoms with van der Waals surface area (Å²) < 4.78 is 1.89. The van der Waals surface area contributed by atoms with Crippen LogP contribution in [0.4, 0.5) is 0 Å². The molecule has 0 aromatic carbocycles. The van der Waals surface area contributed by atoms with E-state index in [1.165, 1.54) is 12.1 Å². The number of nitrogens with one attached hydrogen (secondary N) is 1. The van der Waals surface area contributed by atoms with Crippen molar-refractivity contribution < 1.29 is 0 Å². The summed E-state index contributed by atoms with van der Waals surface area (Å²) in [7, 11) is 1.96. The number of hydrogen-bond acceptors (Lipinski definition) is 3. The van der Waals surface area contributed by atoms with Crippen LogP contribution in [0.5, 0.6) is 0 Å². The maximum absolute atomic E-state index is 5.60. The Balaban J connectivity index is 2.01. The highest BCUT2D eigenvalue weighted by molar-refractivity contribution is 5.10. The molecule has 14 heavy (non-hydrogen) atoms. The first-order valence-corrected chi connectivity index (χ1v) is 5.22. The van der Waals surface area contributed by atoms with E-state index < -0.39 is 0 Å². The molecule has 0 radical (unpaired) electrons. The molecule has 0 aliphatic carbocycles. The van der Waals surface area contributed by atoms with E-state index >= 15 is 0 Å². The average Bonchev–Trinajstić information content (AvgIpc) is 2.76. The van der Waals surface area contributed by atoms with Gasteiger partial charge in [-0.1, -0.05) is 0 Å². The first-order chi connectivity index (χ1) is 6.79. The fourth-order valence-electron chi connectivity index (χ4n) is 2.05. The van der Waals surface area contributed by atoms with Crippen molar-refractivity contribution in [3.63, 3.8) is 0 Å². The van der Waals surface area contributed by atoms with Gasteiger partial charge in [0.05, 0.1) is 11.4 Å². The summed E-state index contributed by atoms with van der Waals surface area (Å²) in [6, 6.07) is 2.12. The SMILES string of the molecule is Cn1nc(CC2CCNC2)cc1CN. The zero-order valence-electron chi connectivity index (χ0n) is 8.66. The van der Waals surface area contributed by atoms with Gasteiger partial charge in [0.1, 0.15) is 0 Å². The lowest BCUT2D eigenvalue weighted by Crippen LogP contribution is -2.11. The fraction of sp³-hybridized carbons (Fsp3) is 0.700. The van der Waals surface area contributed by atoms with Crippen LogP contribution in [0, 0.1) is 5.92 Å². The van der Waals surface area contributed by atoms with Crippen molar-refractivity contribution in [1.82, 2.24) is 15.1 Å². The van der Waals surface area contributed by atoms with Crippen LogP contribution in [0.25, 0.3) is 0 Å². The molecule has 1 aromatic heterocycles. The summed E-state index contributed by atoms with van der Waals surface area (Å²) in [5.41, 5.74) is 7.90. The molecule has 1 unspecified atom stereocenters. The zero-order valence-corrected chi connectivity index (χ0v) is 8.66. The second kappa shape index (κ2) is 4.11. The van der Waals surface area contributed by atoms with E-state index in [2.05, 4.69) is 16.5 Å². The topological polar surface area (TPSA) is 55.9 Å². The van der Waals surface area contributed by atoms with Gasteiger partial charge < -0.3 is 11.1 Å². The highest BCUT2D eigenvalue weighted by Gasteiger charge is 2.16. The van der Waals surface area contributed by atoms with Crippen LogP contribution in [-0.2, 0) is 20.0 Å². The lowest BCUT2D eigenvalue weighted by Gasteiger charge is -2.03. The summed E-state index contributed by atoms with van der Waals surface area (Å²) in [6.07, 6.45) is 2.36. The molecule has 0 bridgehead atoms. The molecule has 1 aromatic rings. The molecule has 1 fully saturated rings. The molecule has 3 N–H and O–H groups in total. The summed E-state index contributed by atoms with van der Waals surface area (Å²) in [5, 5.41) is 7.82. The summed E-state index contributed by atoms with van der Waals surface area (Å²) in [4.78, 5) is 0. The number of hydrogen-bond donors (Lipinski definition) is 2. The molecule has 0 spiro atoms. The Morgan fingerprint density at radius 2 is 2.57 bits per heavy atom. The number of nitrogens with zero attached hydrogens (tertiary/aromatic N) is 2. The van der Waals surface area contributed by atoms with E-state index in [1.807, 2.05) is 11.7 Å². The standard InChI is InChI=1S/C10H18N4/c1-14-10(6-11)5-9(13-14)4-8-2-3-12-7-8/h5,8,12H,2-4,6-7,11H2,1H3. The highest BCUT2D eigenvalue weighted by atomic mass is 15.3. The summed E-state index contributed by atoms with van der Waals surface area (Å²) in [6.45, 7) is 2.86. The van der Waals surface area contributed by atoms with Gasteiger partial charge in [-0.05, 0) is 37.9 Å². The van der Waals surface area contributed by atoms with Crippen molar-refractivity contribution in [3.05, 3.63) is 17.5 Å². The van der Waals surface area contributed by atoms with E-state index in [0.717, 1.165) is 31.1 Å². The third-order valence-corrected chi connectivity index (χ3v) is 2.90. The van der Waals surface area contributed by atoms with Crippen LogP contribution in [0.15, 0.2) is 6.07 Å². The molecule has 78 valence electrons. The fourth-order valence-corrected chi connectivity index (χ4v) is 2.05. The lowest BCUT2D eigenvalue weighted by atomic mass is 10.0. The van der Waals surface area contributed by atoms with Crippen LogP contribution < -0.4 is 11.1 Å². The van der Waals surface area contributed by atoms with Gasteiger partial charge in [-0.25, -0.2) is 0 Å². The third-order valence-electron chi connectivity index (χ3n) is 2.90. The van der Waals surface area contributed by atoms with E-state index in [9.17, 15) is 0 Å². The van der Waals surface area contributed by atoms with Crippen molar-refractivity contribution >= 4 is 0 Å². The molecule has 1 aliphatic heterocycles. The molecule has 0 saturated carbocycles. The van der Waals surface area contributed by atoms with Crippen LogP contribution in [-0.4, -0.2) is 22.9 Å². The van der Waals surface area contributed by atoms with E-state index in [0.29, 0.717) is 6.54 Å². The molecule has 1 atom stereocenters. The molecule has 1 saturated heterocycles. The smallest absolute Gasteiger partial charge is 0.0631 e. The van der Waals surface area contributed by atoms with Crippen LogP contribution in [0.2, 0.25) is 0 Å². The molecule has 4 heteroatoms. The average molecular weight is 194 g/mol. The highest BCUT2D eigenvalue weighted by Crippen LogP contribution is 2.14. The minimum Gasteiger partial charge on any atom is -0.325 e. The monoisotopic (exact) mass is 194 g/mol. The Hall–Kier alpha value is -0.870. The van der Waals surface area contributed by atoms with Crippen LogP contribution in [0.1, 0.15) is 17.8 Å². The maximum atomic E-state index is 5.60. The largest absolute Gasteiger partial charge is 0.325 e. The van der Waals surface area contributed by atoms with Crippen molar-refractivity contribution in [2.75, 3.05) is 13.1 Å². The molecule has 2 heterocycles. The van der Waals surface area contributed by atoms with Gasteiger partial charge in [-0.15, -0.1) is 0 Å². The van der Waals surface area contributed by atoms with Gasteiger partial charge in [-0.2, -0.15) is 5.10 Å². The quantitative estimate of drug-likeness (QED) is 0.714. The van der Waals surface area contributed by atoms with Gasteiger partial charge >= 0.3 is 0 Å². The predicted octanol–water partition coefficient (Wildman–Crippen LogP) is 0.0308. The normalized spacial score (nSPS) is 21.7. The van der Waals surface area contributed by atoms with Gasteiger partial charge in [0.25, 0.3) is 0 Å². The van der Waals surface area contributed by atoms with E-state index in [1.54, 1.807) is 0 Å². The van der Waals surface area contributed by atoms with Crippen molar-refractivity contribution in [2.45, 2.75) is 19.4 Å². The van der Waals surface area contributed by atoms with Gasteiger partial charge in [0, 0.05) is 13.6 Å². The van der Waals surface area contributed by atoms with Gasteiger partial charge in [-0.3, -0.25) is 4.68 Å². The van der Waals surface area contributed by atoms with Crippen LogP contribution in [0.3, 0.4) is 0 Å². The molecule has 0 amide bonds. The summed E-state index contributed by atoms with van der Waals surface area (Å²) in [5.74, 6) is 0.760. The van der Waals surface area contributed by atoms with Crippen molar-refractivity contribution in [1.29, 1.82) is 0 Å². The minimum absolute atomic E-state index is 0.576. The lowest BCUT2D eigenvalue weighted by molar-refractivity contribution is 0.563. The number of rotatable bonds is 3.